The molecule has 0 bridgehead atoms. The number of unbranched alkanes of at least 4 members (excludes halogenated alkanes) is 1. The zero-order valence-electron chi connectivity index (χ0n) is 12.7. The van der Waals surface area contributed by atoms with Gasteiger partial charge >= 0.3 is 0 Å². The molecule has 0 aromatic carbocycles. The standard InChI is InChI=1S/C14H28N2O6/c15-5-1-2-6-16-10(18)4-3-7-21-13-12(19)11-9(8-17)14(11,20)22-13/h9-13,16-20H,1-8,15H2/t9?,10?,11?,12?,13-,14+/m1/s1. The normalized spacial score (nSPS) is 38.0. The number of fused-ring (bicyclic) bond motifs is 1. The molecule has 6 atom stereocenters. The highest BCUT2D eigenvalue weighted by Gasteiger charge is 2.75. The smallest absolute Gasteiger partial charge is 0.187 e. The van der Waals surface area contributed by atoms with Gasteiger partial charge in [-0.15, -0.1) is 0 Å². The van der Waals surface area contributed by atoms with Crippen molar-refractivity contribution >= 4 is 0 Å². The van der Waals surface area contributed by atoms with Gasteiger partial charge in [-0.2, -0.15) is 0 Å². The Morgan fingerprint density at radius 1 is 1.32 bits per heavy atom. The van der Waals surface area contributed by atoms with Gasteiger partial charge in [-0.25, -0.2) is 0 Å². The summed E-state index contributed by atoms with van der Waals surface area (Å²) in [6.45, 7) is 1.48. The molecule has 0 spiro atoms. The van der Waals surface area contributed by atoms with E-state index in [9.17, 15) is 15.3 Å². The summed E-state index contributed by atoms with van der Waals surface area (Å²) in [6, 6.07) is 0. The predicted molar refractivity (Wildman–Crippen MR) is 77.4 cm³/mol. The Labute approximate surface area is 130 Å². The van der Waals surface area contributed by atoms with E-state index >= 15 is 0 Å². The van der Waals surface area contributed by atoms with E-state index in [-0.39, 0.29) is 6.61 Å². The third kappa shape index (κ3) is 3.95. The minimum absolute atomic E-state index is 0.215. The van der Waals surface area contributed by atoms with E-state index in [2.05, 4.69) is 5.32 Å². The lowest BCUT2D eigenvalue weighted by Crippen LogP contribution is -2.33. The third-order valence-corrected chi connectivity index (χ3v) is 4.40. The average Bonchev–Trinajstić information content (AvgIpc) is 3.01. The fourth-order valence-corrected chi connectivity index (χ4v) is 3.01. The molecule has 4 unspecified atom stereocenters. The van der Waals surface area contributed by atoms with Gasteiger partial charge in [0.05, 0.1) is 19.1 Å². The molecule has 2 aliphatic rings. The molecule has 8 heteroatoms. The van der Waals surface area contributed by atoms with E-state index in [1.807, 2.05) is 0 Å². The largest absolute Gasteiger partial charge is 0.396 e. The second-order valence-corrected chi connectivity index (χ2v) is 6.02. The van der Waals surface area contributed by atoms with Crippen LogP contribution in [0.5, 0.6) is 0 Å². The molecule has 1 saturated heterocycles. The highest BCUT2D eigenvalue weighted by atomic mass is 16.8. The zero-order valence-corrected chi connectivity index (χ0v) is 12.7. The van der Waals surface area contributed by atoms with Crippen LogP contribution in [0.15, 0.2) is 0 Å². The first-order chi connectivity index (χ1) is 10.5. The SMILES string of the molecule is NCCCCNC(O)CCCO[C@@H]1O[C@@]2(O)C(CO)C2C1O. The Hall–Kier alpha value is -0.320. The van der Waals surface area contributed by atoms with Crippen LogP contribution >= 0.6 is 0 Å². The van der Waals surface area contributed by atoms with Crippen molar-refractivity contribution in [2.75, 3.05) is 26.3 Å². The summed E-state index contributed by atoms with van der Waals surface area (Å²) in [4.78, 5) is 0. The van der Waals surface area contributed by atoms with E-state index in [0.29, 0.717) is 26.0 Å². The lowest BCUT2D eigenvalue weighted by molar-refractivity contribution is -0.245. The molecule has 22 heavy (non-hydrogen) atoms. The number of aliphatic hydroxyl groups excluding tert-OH is 3. The minimum Gasteiger partial charge on any atom is -0.396 e. The number of hydrogen-bond donors (Lipinski definition) is 6. The maximum absolute atomic E-state index is 9.97. The van der Waals surface area contributed by atoms with Gasteiger partial charge in [-0.05, 0) is 38.8 Å². The van der Waals surface area contributed by atoms with Crippen LogP contribution in [0.4, 0.5) is 0 Å². The summed E-state index contributed by atoms with van der Waals surface area (Å²) in [6.07, 6.45) is 0.598. The Kier molecular flexibility index (Phi) is 6.54. The van der Waals surface area contributed by atoms with Crippen LogP contribution < -0.4 is 11.1 Å². The predicted octanol–water partition coefficient (Wildman–Crippen LogP) is -1.93. The van der Waals surface area contributed by atoms with Crippen molar-refractivity contribution in [3.63, 3.8) is 0 Å². The van der Waals surface area contributed by atoms with E-state index in [4.69, 9.17) is 20.3 Å². The molecule has 8 nitrogen and oxygen atoms in total. The van der Waals surface area contributed by atoms with Crippen LogP contribution in [0.1, 0.15) is 25.7 Å². The van der Waals surface area contributed by atoms with Crippen molar-refractivity contribution in [2.24, 2.45) is 17.6 Å². The number of rotatable bonds is 11. The molecule has 1 aliphatic carbocycles. The Morgan fingerprint density at radius 2 is 2.09 bits per heavy atom. The van der Waals surface area contributed by atoms with E-state index < -0.39 is 36.2 Å². The van der Waals surface area contributed by atoms with Gasteiger partial charge in [0, 0.05) is 5.92 Å². The maximum Gasteiger partial charge on any atom is 0.187 e. The first-order valence-corrected chi connectivity index (χ1v) is 7.96. The Morgan fingerprint density at radius 3 is 2.68 bits per heavy atom. The highest BCUT2D eigenvalue weighted by Crippen LogP contribution is 2.59. The molecule has 0 aromatic rings. The van der Waals surface area contributed by atoms with Gasteiger partial charge < -0.3 is 35.6 Å². The van der Waals surface area contributed by atoms with Crippen LogP contribution in [0.3, 0.4) is 0 Å². The number of hydrogen-bond acceptors (Lipinski definition) is 8. The third-order valence-electron chi connectivity index (χ3n) is 4.40. The molecule has 130 valence electrons. The zero-order chi connectivity index (χ0) is 16.2. The van der Waals surface area contributed by atoms with Crippen LogP contribution in [0.2, 0.25) is 0 Å². The van der Waals surface area contributed by atoms with Gasteiger partial charge in [0.1, 0.15) is 12.3 Å². The van der Waals surface area contributed by atoms with Crippen molar-refractivity contribution in [1.82, 2.24) is 5.32 Å². The lowest BCUT2D eigenvalue weighted by Gasteiger charge is -2.21. The van der Waals surface area contributed by atoms with Gasteiger partial charge in [-0.3, -0.25) is 5.32 Å². The molecular weight excluding hydrogens is 292 g/mol. The molecule has 7 N–H and O–H groups in total. The van der Waals surface area contributed by atoms with E-state index in [1.54, 1.807) is 0 Å². The first-order valence-electron chi connectivity index (χ1n) is 7.96. The molecule has 2 fully saturated rings. The maximum atomic E-state index is 9.97. The summed E-state index contributed by atoms with van der Waals surface area (Å²) in [5, 5.41) is 41.6. The van der Waals surface area contributed by atoms with E-state index in [1.165, 1.54) is 0 Å². The highest BCUT2D eigenvalue weighted by molar-refractivity contribution is 5.14. The molecule has 1 saturated carbocycles. The molecule has 0 radical (unpaired) electrons. The number of aliphatic hydroxyl groups is 4. The van der Waals surface area contributed by atoms with Gasteiger partial charge in [0.2, 0.25) is 0 Å². The van der Waals surface area contributed by atoms with Crippen molar-refractivity contribution < 1.29 is 29.9 Å². The Balaban J connectivity index is 1.53. The van der Waals surface area contributed by atoms with E-state index in [0.717, 1.165) is 19.4 Å². The van der Waals surface area contributed by atoms with Crippen LogP contribution in [-0.2, 0) is 9.47 Å². The monoisotopic (exact) mass is 320 g/mol. The average molecular weight is 320 g/mol. The molecule has 2 rings (SSSR count). The molecule has 1 aliphatic heterocycles. The number of ether oxygens (including phenoxy) is 2. The fraction of sp³-hybridized carbons (Fsp3) is 1.00. The number of nitrogens with one attached hydrogen (secondary N) is 1. The topological polar surface area (TPSA) is 137 Å². The van der Waals surface area contributed by atoms with Crippen molar-refractivity contribution in [2.45, 2.75) is 50.1 Å². The van der Waals surface area contributed by atoms with Crippen LogP contribution in [-0.4, -0.2) is 71.1 Å². The van der Waals surface area contributed by atoms with Gasteiger partial charge in [0.15, 0.2) is 12.1 Å². The summed E-state index contributed by atoms with van der Waals surface area (Å²) < 4.78 is 10.7. The Bertz CT molecular complexity index is 347. The van der Waals surface area contributed by atoms with Gasteiger partial charge in [-0.1, -0.05) is 0 Å². The molecule has 1 heterocycles. The quantitative estimate of drug-likeness (QED) is 0.191. The van der Waals surface area contributed by atoms with Crippen molar-refractivity contribution in [3.05, 3.63) is 0 Å². The molecular formula is C14H28N2O6. The fourth-order valence-electron chi connectivity index (χ4n) is 3.01. The van der Waals surface area contributed by atoms with Crippen molar-refractivity contribution in [3.8, 4) is 0 Å². The summed E-state index contributed by atoms with van der Waals surface area (Å²) >= 11 is 0. The first kappa shape index (κ1) is 18.0. The van der Waals surface area contributed by atoms with Crippen LogP contribution in [0.25, 0.3) is 0 Å². The minimum atomic E-state index is -1.44. The van der Waals surface area contributed by atoms with Gasteiger partial charge in [0.25, 0.3) is 0 Å². The second kappa shape index (κ2) is 7.98. The second-order valence-electron chi connectivity index (χ2n) is 6.02. The van der Waals surface area contributed by atoms with Crippen LogP contribution in [0, 0.1) is 11.8 Å². The lowest BCUT2D eigenvalue weighted by atomic mass is 10.2. The molecule has 0 aromatic heterocycles. The summed E-state index contributed by atoms with van der Waals surface area (Å²) in [5.41, 5.74) is 5.38. The summed E-state index contributed by atoms with van der Waals surface area (Å²) in [5.74, 6) is -2.35. The van der Waals surface area contributed by atoms with Crippen molar-refractivity contribution in [1.29, 1.82) is 0 Å². The number of nitrogens with two attached hydrogens (primary N) is 1. The summed E-state index contributed by atoms with van der Waals surface area (Å²) in [7, 11) is 0. The molecule has 0 amide bonds.